The van der Waals surface area contributed by atoms with E-state index in [4.69, 9.17) is 0 Å². The summed E-state index contributed by atoms with van der Waals surface area (Å²) in [5.74, 6) is 0.289. The lowest BCUT2D eigenvalue weighted by atomic mass is 10.0. The number of hydrogen-bond donors (Lipinski definition) is 1. The molecular weight excluding hydrogens is 268 g/mol. The standard InChI is InChI=1S/C15H30N4O2/c1-6-18(5)15(21)12(2)16-13-7-9-19(10-8-13)11-14(20)17(3)4/h12-13,16H,6-11H2,1-5H3. The number of rotatable bonds is 6. The number of likely N-dealkylation sites (N-methyl/N-ethyl adjacent to an activating group) is 2. The predicted molar refractivity (Wildman–Crippen MR) is 84.1 cm³/mol. The molecule has 0 spiro atoms. The molecule has 0 bridgehead atoms. The van der Waals surface area contributed by atoms with Crippen LogP contribution in [0.2, 0.25) is 0 Å². The summed E-state index contributed by atoms with van der Waals surface area (Å²) in [5.41, 5.74) is 0. The van der Waals surface area contributed by atoms with Crippen LogP contribution in [0.3, 0.4) is 0 Å². The molecule has 1 N–H and O–H groups in total. The molecular formula is C15H30N4O2. The first-order chi connectivity index (χ1) is 9.85. The van der Waals surface area contributed by atoms with Crippen LogP contribution >= 0.6 is 0 Å². The largest absolute Gasteiger partial charge is 0.348 e. The molecule has 122 valence electrons. The highest BCUT2D eigenvalue weighted by molar-refractivity contribution is 5.81. The molecule has 1 rings (SSSR count). The maximum atomic E-state index is 12.0. The highest BCUT2D eigenvalue weighted by Crippen LogP contribution is 2.11. The van der Waals surface area contributed by atoms with Crippen molar-refractivity contribution in [3.63, 3.8) is 0 Å². The van der Waals surface area contributed by atoms with E-state index in [2.05, 4.69) is 10.2 Å². The Morgan fingerprint density at radius 1 is 1.24 bits per heavy atom. The minimum atomic E-state index is -0.144. The van der Waals surface area contributed by atoms with E-state index in [0.29, 0.717) is 12.6 Å². The van der Waals surface area contributed by atoms with Gasteiger partial charge in [0.2, 0.25) is 11.8 Å². The molecule has 21 heavy (non-hydrogen) atoms. The van der Waals surface area contributed by atoms with Crippen molar-refractivity contribution in [1.29, 1.82) is 0 Å². The van der Waals surface area contributed by atoms with Gasteiger partial charge in [0.05, 0.1) is 12.6 Å². The summed E-state index contributed by atoms with van der Waals surface area (Å²) in [6.07, 6.45) is 1.96. The van der Waals surface area contributed by atoms with Gasteiger partial charge in [-0.25, -0.2) is 0 Å². The summed E-state index contributed by atoms with van der Waals surface area (Å²) in [5, 5.41) is 3.42. The molecule has 1 aliphatic rings. The van der Waals surface area contributed by atoms with Gasteiger partial charge in [0, 0.05) is 46.8 Å². The van der Waals surface area contributed by atoms with Crippen molar-refractivity contribution in [2.24, 2.45) is 0 Å². The fraction of sp³-hybridized carbons (Fsp3) is 0.867. The molecule has 1 fully saturated rings. The lowest BCUT2D eigenvalue weighted by Gasteiger charge is -2.34. The number of carbonyl (C=O) groups excluding carboxylic acids is 2. The zero-order valence-corrected chi connectivity index (χ0v) is 14.1. The van der Waals surface area contributed by atoms with E-state index >= 15 is 0 Å². The van der Waals surface area contributed by atoms with E-state index in [1.165, 1.54) is 0 Å². The zero-order chi connectivity index (χ0) is 16.0. The van der Waals surface area contributed by atoms with Crippen LogP contribution in [-0.4, -0.2) is 85.9 Å². The van der Waals surface area contributed by atoms with Crippen molar-refractivity contribution in [2.75, 3.05) is 47.3 Å². The Balaban J connectivity index is 2.33. The minimum absolute atomic E-state index is 0.141. The van der Waals surface area contributed by atoms with E-state index in [9.17, 15) is 9.59 Å². The van der Waals surface area contributed by atoms with Gasteiger partial charge in [-0.15, -0.1) is 0 Å². The maximum absolute atomic E-state index is 12.0. The van der Waals surface area contributed by atoms with Gasteiger partial charge >= 0.3 is 0 Å². The molecule has 1 saturated heterocycles. The molecule has 1 unspecified atom stereocenters. The van der Waals surface area contributed by atoms with Gasteiger partial charge in [-0.05, 0) is 26.7 Å². The number of nitrogens with zero attached hydrogens (tertiary/aromatic N) is 3. The summed E-state index contributed by atoms with van der Waals surface area (Å²) < 4.78 is 0. The Labute approximate surface area is 128 Å². The van der Waals surface area contributed by atoms with E-state index in [-0.39, 0.29) is 17.9 Å². The third kappa shape index (κ3) is 5.63. The van der Waals surface area contributed by atoms with Gasteiger partial charge in [0.15, 0.2) is 0 Å². The Morgan fingerprint density at radius 2 is 1.81 bits per heavy atom. The van der Waals surface area contributed by atoms with Crippen LogP contribution in [0.15, 0.2) is 0 Å². The van der Waals surface area contributed by atoms with Crippen LogP contribution in [0.5, 0.6) is 0 Å². The summed E-state index contributed by atoms with van der Waals surface area (Å²) in [6, 6.07) is 0.217. The lowest BCUT2D eigenvalue weighted by molar-refractivity contribution is -0.131. The molecule has 0 aromatic rings. The summed E-state index contributed by atoms with van der Waals surface area (Å²) in [4.78, 5) is 29.3. The first kappa shape index (κ1) is 17.9. The number of hydrogen-bond acceptors (Lipinski definition) is 4. The fourth-order valence-electron chi connectivity index (χ4n) is 2.50. The average molecular weight is 298 g/mol. The third-order valence-corrected chi connectivity index (χ3v) is 4.15. The SMILES string of the molecule is CCN(C)C(=O)C(C)NC1CCN(CC(=O)N(C)C)CC1. The van der Waals surface area contributed by atoms with E-state index < -0.39 is 0 Å². The van der Waals surface area contributed by atoms with Crippen molar-refractivity contribution >= 4 is 11.8 Å². The fourth-order valence-corrected chi connectivity index (χ4v) is 2.50. The second-order valence-corrected chi connectivity index (χ2v) is 6.08. The Bertz CT molecular complexity index is 352. The molecule has 6 heteroatoms. The van der Waals surface area contributed by atoms with E-state index in [1.54, 1.807) is 23.9 Å². The zero-order valence-electron chi connectivity index (χ0n) is 14.1. The van der Waals surface area contributed by atoms with Crippen LogP contribution in [0.25, 0.3) is 0 Å². The summed E-state index contributed by atoms with van der Waals surface area (Å²) in [6.45, 7) is 6.94. The van der Waals surface area contributed by atoms with Crippen LogP contribution in [0.4, 0.5) is 0 Å². The predicted octanol–water partition coefficient (Wildman–Crippen LogP) is -0.00460. The summed E-state index contributed by atoms with van der Waals surface area (Å²) in [7, 11) is 5.40. The number of carbonyl (C=O) groups is 2. The van der Waals surface area contributed by atoms with Crippen molar-refractivity contribution in [3.8, 4) is 0 Å². The molecule has 2 amide bonds. The normalized spacial score (nSPS) is 18.3. The topological polar surface area (TPSA) is 55.9 Å². The Hall–Kier alpha value is -1.14. The quantitative estimate of drug-likeness (QED) is 0.750. The number of amides is 2. The van der Waals surface area contributed by atoms with E-state index in [0.717, 1.165) is 32.5 Å². The minimum Gasteiger partial charge on any atom is -0.348 e. The van der Waals surface area contributed by atoms with Crippen molar-refractivity contribution in [3.05, 3.63) is 0 Å². The van der Waals surface area contributed by atoms with Gasteiger partial charge < -0.3 is 15.1 Å². The van der Waals surface area contributed by atoms with E-state index in [1.807, 2.05) is 20.9 Å². The molecule has 0 saturated carbocycles. The molecule has 0 aromatic carbocycles. The molecule has 0 aromatic heterocycles. The molecule has 0 aliphatic carbocycles. The van der Waals surface area contributed by atoms with Gasteiger partial charge in [0.1, 0.15) is 0 Å². The lowest BCUT2D eigenvalue weighted by Crippen LogP contribution is -2.51. The Kier molecular flexibility index (Phi) is 7.11. The average Bonchev–Trinajstić information content (AvgIpc) is 2.47. The van der Waals surface area contributed by atoms with Crippen molar-refractivity contribution in [2.45, 2.75) is 38.8 Å². The molecule has 0 radical (unpaired) electrons. The highest BCUT2D eigenvalue weighted by atomic mass is 16.2. The monoisotopic (exact) mass is 298 g/mol. The van der Waals surface area contributed by atoms with Crippen LogP contribution in [0.1, 0.15) is 26.7 Å². The van der Waals surface area contributed by atoms with Crippen LogP contribution in [-0.2, 0) is 9.59 Å². The molecule has 1 aliphatic heterocycles. The third-order valence-electron chi connectivity index (χ3n) is 4.15. The van der Waals surface area contributed by atoms with Crippen molar-refractivity contribution in [1.82, 2.24) is 20.0 Å². The number of likely N-dealkylation sites (tertiary alicyclic amines) is 1. The maximum Gasteiger partial charge on any atom is 0.239 e. The smallest absolute Gasteiger partial charge is 0.239 e. The molecule has 1 atom stereocenters. The number of nitrogens with one attached hydrogen (secondary N) is 1. The second kappa shape index (κ2) is 8.34. The summed E-state index contributed by atoms with van der Waals surface area (Å²) >= 11 is 0. The van der Waals surface area contributed by atoms with Gasteiger partial charge in [-0.1, -0.05) is 0 Å². The second-order valence-electron chi connectivity index (χ2n) is 6.08. The molecule has 6 nitrogen and oxygen atoms in total. The highest BCUT2D eigenvalue weighted by Gasteiger charge is 2.25. The molecule has 1 heterocycles. The van der Waals surface area contributed by atoms with Crippen LogP contribution in [0, 0.1) is 0 Å². The van der Waals surface area contributed by atoms with Crippen LogP contribution < -0.4 is 5.32 Å². The Morgan fingerprint density at radius 3 is 2.29 bits per heavy atom. The van der Waals surface area contributed by atoms with Gasteiger partial charge in [0.25, 0.3) is 0 Å². The van der Waals surface area contributed by atoms with Crippen molar-refractivity contribution < 1.29 is 9.59 Å². The first-order valence-electron chi connectivity index (χ1n) is 7.78. The first-order valence-corrected chi connectivity index (χ1v) is 7.78. The van der Waals surface area contributed by atoms with Gasteiger partial charge in [-0.3, -0.25) is 14.5 Å². The number of piperidine rings is 1. The van der Waals surface area contributed by atoms with Gasteiger partial charge in [-0.2, -0.15) is 0 Å².